The van der Waals surface area contributed by atoms with Crippen molar-refractivity contribution < 1.29 is 24.0 Å². The molecule has 0 aliphatic rings. The number of nitro benzene ring substituents is 1. The lowest BCUT2D eigenvalue weighted by Gasteiger charge is -2.32. The average molecular weight is 395 g/mol. The molecule has 0 fully saturated rings. The Morgan fingerprint density at radius 1 is 1.18 bits per heavy atom. The summed E-state index contributed by atoms with van der Waals surface area (Å²) in [5, 5.41) is 10.7. The summed E-state index contributed by atoms with van der Waals surface area (Å²) in [4.78, 5) is 36.5. The molecular weight excluding hydrogens is 366 g/mol. The Kier molecular flexibility index (Phi) is 7.92. The fraction of sp³-hybridized carbons (Fsp3) is 0.579. The van der Waals surface area contributed by atoms with Gasteiger partial charge in [0, 0.05) is 12.1 Å². The maximum Gasteiger partial charge on any atom is 0.417 e. The summed E-state index contributed by atoms with van der Waals surface area (Å²) in [5.41, 5.74) is 5.11. The number of nitrogens with two attached hydrogens (primary N) is 1. The summed E-state index contributed by atoms with van der Waals surface area (Å²) in [6, 6.07) is 3.99. The molecular formula is C19H29N3O6. The minimum Gasteiger partial charge on any atom is -0.491 e. The minimum atomic E-state index is -0.866. The molecule has 0 heterocycles. The molecule has 1 rings (SSSR count). The highest BCUT2D eigenvalue weighted by Gasteiger charge is 2.35. The Labute approximate surface area is 164 Å². The van der Waals surface area contributed by atoms with E-state index < -0.39 is 34.6 Å². The molecule has 2 amide bonds. The lowest BCUT2D eigenvalue weighted by Crippen LogP contribution is -2.55. The molecule has 156 valence electrons. The number of non-ortho nitro benzene ring substituents is 1. The molecule has 0 radical (unpaired) electrons. The van der Waals surface area contributed by atoms with Crippen LogP contribution in [0.5, 0.6) is 5.75 Å². The van der Waals surface area contributed by atoms with Crippen molar-refractivity contribution in [2.45, 2.75) is 59.2 Å². The number of amides is 2. The van der Waals surface area contributed by atoms with E-state index in [4.69, 9.17) is 15.2 Å². The Morgan fingerprint density at radius 3 is 2.14 bits per heavy atom. The first-order valence-corrected chi connectivity index (χ1v) is 9.02. The van der Waals surface area contributed by atoms with Gasteiger partial charge in [-0.2, -0.15) is 0 Å². The van der Waals surface area contributed by atoms with Crippen LogP contribution in [-0.4, -0.2) is 46.1 Å². The van der Waals surface area contributed by atoms with Crippen molar-refractivity contribution in [3.63, 3.8) is 0 Å². The van der Waals surface area contributed by atoms with Crippen LogP contribution in [0.15, 0.2) is 24.3 Å². The van der Waals surface area contributed by atoms with E-state index in [0.29, 0.717) is 5.75 Å². The highest BCUT2D eigenvalue weighted by atomic mass is 16.6. The van der Waals surface area contributed by atoms with E-state index in [-0.39, 0.29) is 18.2 Å². The number of ether oxygens (including phenoxy) is 2. The second-order valence-corrected chi connectivity index (χ2v) is 7.87. The molecule has 1 unspecified atom stereocenters. The molecule has 9 nitrogen and oxygen atoms in total. The van der Waals surface area contributed by atoms with Crippen LogP contribution in [0, 0.1) is 16.0 Å². The SMILES string of the molecule is CC(C)[C@H](N)C(=O)N(C(=O)OC(C)(C)C)C(C)COc1ccc([N+](=O)[O-])cc1. The van der Waals surface area contributed by atoms with Gasteiger partial charge in [-0.25, -0.2) is 9.69 Å². The number of nitro groups is 1. The van der Waals surface area contributed by atoms with Crippen LogP contribution in [0.1, 0.15) is 41.5 Å². The first-order chi connectivity index (χ1) is 12.8. The van der Waals surface area contributed by atoms with E-state index in [1.54, 1.807) is 41.5 Å². The molecule has 0 aromatic heterocycles. The lowest BCUT2D eigenvalue weighted by atomic mass is 10.0. The highest BCUT2D eigenvalue weighted by Crippen LogP contribution is 2.19. The number of carbonyl (C=O) groups excluding carboxylic acids is 2. The van der Waals surface area contributed by atoms with E-state index in [1.807, 2.05) is 0 Å². The van der Waals surface area contributed by atoms with Crippen LogP contribution in [-0.2, 0) is 9.53 Å². The smallest absolute Gasteiger partial charge is 0.417 e. The topological polar surface area (TPSA) is 125 Å². The summed E-state index contributed by atoms with van der Waals surface area (Å²) in [5.74, 6) is -0.341. The molecule has 0 spiro atoms. The number of carbonyl (C=O) groups is 2. The Hall–Kier alpha value is -2.68. The van der Waals surface area contributed by atoms with Crippen LogP contribution >= 0.6 is 0 Å². The molecule has 0 aliphatic carbocycles. The summed E-state index contributed by atoms with van der Waals surface area (Å²) in [6.45, 7) is 10.3. The molecule has 28 heavy (non-hydrogen) atoms. The third-order valence-corrected chi connectivity index (χ3v) is 3.81. The van der Waals surface area contributed by atoms with Gasteiger partial charge in [0.15, 0.2) is 0 Å². The van der Waals surface area contributed by atoms with E-state index in [0.717, 1.165) is 4.90 Å². The Morgan fingerprint density at radius 2 is 1.71 bits per heavy atom. The van der Waals surface area contributed by atoms with Crippen molar-refractivity contribution in [3.05, 3.63) is 34.4 Å². The van der Waals surface area contributed by atoms with E-state index in [2.05, 4.69) is 0 Å². The predicted molar refractivity (Wildman–Crippen MR) is 104 cm³/mol. The van der Waals surface area contributed by atoms with Crippen LogP contribution in [0.3, 0.4) is 0 Å². The maximum atomic E-state index is 12.8. The standard InChI is InChI=1S/C19H29N3O6/c1-12(2)16(20)17(23)21(18(24)28-19(4,5)6)13(3)11-27-15-9-7-14(8-10-15)22(25)26/h7-10,12-13,16H,11,20H2,1-6H3/t13?,16-/m0/s1. The second kappa shape index (κ2) is 9.50. The molecule has 9 heteroatoms. The first kappa shape index (κ1) is 23.4. The van der Waals surface area contributed by atoms with Gasteiger partial charge in [0.2, 0.25) is 5.91 Å². The second-order valence-electron chi connectivity index (χ2n) is 7.87. The minimum absolute atomic E-state index is 0.0202. The zero-order valence-corrected chi connectivity index (χ0v) is 17.2. The van der Waals surface area contributed by atoms with Gasteiger partial charge in [0.25, 0.3) is 5.69 Å². The van der Waals surface area contributed by atoms with Crippen molar-refractivity contribution in [1.29, 1.82) is 0 Å². The van der Waals surface area contributed by atoms with E-state index in [1.165, 1.54) is 24.3 Å². The predicted octanol–water partition coefficient (Wildman–Crippen LogP) is 3.11. The van der Waals surface area contributed by atoms with Gasteiger partial charge in [-0.15, -0.1) is 0 Å². The van der Waals surface area contributed by atoms with Crippen molar-refractivity contribution >= 4 is 17.7 Å². The summed E-state index contributed by atoms with van der Waals surface area (Å²) in [7, 11) is 0. The Bertz CT molecular complexity index is 697. The maximum absolute atomic E-state index is 12.8. The average Bonchev–Trinajstić information content (AvgIpc) is 2.57. The molecule has 0 bridgehead atoms. The van der Waals surface area contributed by atoms with Gasteiger partial charge < -0.3 is 15.2 Å². The van der Waals surface area contributed by atoms with Gasteiger partial charge >= 0.3 is 6.09 Å². The fourth-order valence-electron chi connectivity index (χ4n) is 2.20. The van der Waals surface area contributed by atoms with Gasteiger partial charge in [0.05, 0.1) is 17.0 Å². The zero-order chi connectivity index (χ0) is 21.6. The third-order valence-electron chi connectivity index (χ3n) is 3.81. The number of imide groups is 1. The van der Waals surface area contributed by atoms with Crippen LogP contribution < -0.4 is 10.5 Å². The molecule has 2 N–H and O–H groups in total. The number of rotatable bonds is 7. The van der Waals surface area contributed by atoms with Gasteiger partial charge in [-0.05, 0) is 45.7 Å². The number of hydrogen-bond acceptors (Lipinski definition) is 7. The quantitative estimate of drug-likeness (QED) is 0.555. The molecule has 0 saturated carbocycles. The number of hydrogen-bond donors (Lipinski definition) is 1. The van der Waals surface area contributed by atoms with Crippen molar-refractivity contribution in [1.82, 2.24) is 4.90 Å². The van der Waals surface area contributed by atoms with Gasteiger partial charge in [-0.3, -0.25) is 14.9 Å². The van der Waals surface area contributed by atoms with Crippen LogP contribution in [0.25, 0.3) is 0 Å². The lowest BCUT2D eigenvalue weighted by molar-refractivity contribution is -0.384. The van der Waals surface area contributed by atoms with Crippen molar-refractivity contribution in [3.8, 4) is 5.75 Å². The largest absolute Gasteiger partial charge is 0.491 e. The van der Waals surface area contributed by atoms with Crippen molar-refractivity contribution in [2.75, 3.05) is 6.61 Å². The first-order valence-electron chi connectivity index (χ1n) is 9.02. The molecule has 1 aromatic rings. The molecule has 0 saturated heterocycles. The highest BCUT2D eigenvalue weighted by molar-refractivity contribution is 5.95. The fourth-order valence-corrected chi connectivity index (χ4v) is 2.20. The van der Waals surface area contributed by atoms with Crippen LogP contribution in [0.4, 0.5) is 10.5 Å². The Balaban J connectivity index is 2.93. The van der Waals surface area contributed by atoms with E-state index >= 15 is 0 Å². The summed E-state index contributed by atoms with van der Waals surface area (Å²) in [6.07, 6.45) is -0.798. The molecule has 1 aromatic carbocycles. The van der Waals surface area contributed by atoms with Gasteiger partial charge in [-0.1, -0.05) is 13.8 Å². The zero-order valence-electron chi connectivity index (χ0n) is 17.2. The molecule has 2 atom stereocenters. The molecule has 0 aliphatic heterocycles. The van der Waals surface area contributed by atoms with Crippen LogP contribution in [0.2, 0.25) is 0 Å². The monoisotopic (exact) mass is 395 g/mol. The normalized spacial score (nSPS) is 13.6. The van der Waals surface area contributed by atoms with Crippen molar-refractivity contribution in [2.24, 2.45) is 11.7 Å². The summed E-state index contributed by atoms with van der Waals surface area (Å²) >= 11 is 0. The summed E-state index contributed by atoms with van der Waals surface area (Å²) < 4.78 is 10.9. The van der Waals surface area contributed by atoms with E-state index in [9.17, 15) is 19.7 Å². The third kappa shape index (κ3) is 6.80. The number of nitrogens with zero attached hydrogens (tertiary/aromatic N) is 2. The van der Waals surface area contributed by atoms with Gasteiger partial charge in [0.1, 0.15) is 18.0 Å². The number of benzene rings is 1.